The minimum absolute atomic E-state index is 0.0150. The lowest BCUT2D eigenvalue weighted by molar-refractivity contribution is 0.239. The summed E-state index contributed by atoms with van der Waals surface area (Å²) in [7, 11) is 0. The van der Waals surface area contributed by atoms with Crippen LogP contribution in [0.2, 0.25) is 0 Å². The summed E-state index contributed by atoms with van der Waals surface area (Å²) < 4.78 is 0. The highest BCUT2D eigenvalue weighted by Crippen LogP contribution is 2.43. The van der Waals surface area contributed by atoms with Crippen molar-refractivity contribution in [2.45, 2.75) is 25.3 Å². The number of benzene rings is 1. The van der Waals surface area contributed by atoms with Gasteiger partial charge in [-0.15, -0.1) is 0 Å². The largest absolute Gasteiger partial charge is 0.504 e. The van der Waals surface area contributed by atoms with Crippen molar-refractivity contribution in [3.8, 4) is 17.2 Å². The molecule has 1 aromatic rings. The highest BCUT2D eigenvalue weighted by molar-refractivity contribution is 5.68. The van der Waals surface area contributed by atoms with Crippen LogP contribution in [0.15, 0.2) is 12.1 Å². The number of phenolic OH excluding ortho intramolecular Hbond substituents is 3. The molecule has 0 aromatic heterocycles. The maximum absolute atomic E-state index is 9.81. The molecule has 0 radical (unpaired) electrons. The minimum Gasteiger partial charge on any atom is -0.504 e. The van der Waals surface area contributed by atoms with Crippen LogP contribution in [0.4, 0.5) is 5.69 Å². The van der Waals surface area contributed by atoms with Crippen LogP contribution in [-0.4, -0.2) is 39.6 Å². The lowest BCUT2D eigenvalue weighted by Crippen LogP contribution is -2.41. The van der Waals surface area contributed by atoms with Gasteiger partial charge in [0.2, 0.25) is 5.75 Å². The molecule has 1 atom stereocenters. The van der Waals surface area contributed by atoms with Gasteiger partial charge < -0.3 is 25.3 Å². The average Bonchev–Trinajstić information content (AvgIpc) is 2.36. The van der Waals surface area contributed by atoms with Gasteiger partial charge in [-0.25, -0.2) is 0 Å². The molecule has 94 valence electrons. The van der Waals surface area contributed by atoms with Crippen LogP contribution < -0.4 is 4.90 Å². The van der Waals surface area contributed by atoms with E-state index < -0.39 is 5.75 Å². The Balaban J connectivity index is 2.35. The third kappa shape index (κ3) is 2.10. The first kappa shape index (κ1) is 11.9. The Morgan fingerprint density at radius 3 is 2.59 bits per heavy atom. The smallest absolute Gasteiger partial charge is 0.202 e. The van der Waals surface area contributed by atoms with Gasteiger partial charge in [0.25, 0.3) is 0 Å². The van der Waals surface area contributed by atoms with Crippen molar-refractivity contribution in [1.82, 2.24) is 0 Å². The molecule has 1 heterocycles. The fourth-order valence-corrected chi connectivity index (χ4v) is 2.30. The summed E-state index contributed by atoms with van der Waals surface area (Å²) in [6.45, 7) is 0.740. The van der Waals surface area contributed by atoms with E-state index >= 15 is 0 Å². The Labute approximate surface area is 99.6 Å². The molecule has 0 amide bonds. The van der Waals surface area contributed by atoms with E-state index in [0.717, 1.165) is 25.8 Å². The maximum Gasteiger partial charge on any atom is 0.202 e. The molecule has 5 heteroatoms. The van der Waals surface area contributed by atoms with Gasteiger partial charge >= 0.3 is 0 Å². The third-order valence-corrected chi connectivity index (χ3v) is 3.26. The molecule has 1 saturated heterocycles. The second-order valence-corrected chi connectivity index (χ2v) is 4.33. The average molecular weight is 239 g/mol. The fraction of sp³-hybridized carbons (Fsp3) is 0.500. The molecule has 1 unspecified atom stereocenters. The first-order valence-electron chi connectivity index (χ1n) is 5.76. The van der Waals surface area contributed by atoms with E-state index in [2.05, 4.69) is 0 Å². The maximum atomic E-state index is 9.81. The van der Waals surface area contributed by atoms with Gasteiger partial charge in [-0.1, -0.05) is 0 Å². The zero-order chi connectivity index (χ0) is 12.4. The van der Waals surface area contributed by atoms with Crippen molar-refractivity contribution in [2.24, 2.45) is 0 Å². The summed E-state index contributed by atoms with van der Waals surface area (Å²) in [5.41, 5.74) is 0.457. The number of piperidine rings is 1. The molecule has 1 aliphatic rings. The van der Waals surface area contributed by atoms with E-state index in [4.69, 9.17) is 0 Å². The molecule has 2 rings (SSSR count). The van der Waals surface area contributed by atoms with Gasteiger partial charge in [0.05, 0.1) is 18.3 Å². The van der Waals surface area contributed by atoms with E-state index in [0.29, 0.717) is 5.69 Å². The summed E-state index contributed by atoms with van der Waals surface area (Å²) in [6, 6.07) is 2.85. The number of aromatic hydroxyl groups is 3. The lowest BCUT2D eigenvalue weighted by Gasteiger charge is -2.36. The first-order valence-corrected chi connectivity index (χ1v) is 5.76. The van der Waals surface area contributed by atoms with Crippen molar-refractivity contribution < 1.29 is 20.4 Å². The van der Waals surface area contributed by atoms with E-state index in [9.17, 15) is 20.4 Å². The number of hydrogen-bond acceptors (Lipinski definition) is 5. The number of nitrogens with zero attached hydrogens (tertiary/aromatic N) is 1. The Morgan fingerprint density at radius 1 is 1.12 bits per heavy atom. The highest BCUT2D eigenvalue weighted by Gasteiger charge is 2.25. The summed E-state index contributed by atoms with van der Waals surface area (Å²) in [5, 5.41) is 37.9. The molecule has 0 spiro atoms. The van der Waals surface area contributed by atoms with Crippen molar-refractivity contribution in [3.63, 3.8) is 0 Å². The Bertz CT molecular complexity index is 408. The number of aliphatic hydroxyl groups excluding tert-OH is 1. The van der Waals surface area contributed by atoms with Gasteiger partial charge in [0, 0.05) is 6.54 Å². The van der Waals surface area contributed by atoms with Crippen LogP contribution >= 0.6 is 0 Å². The summed E-state index contributed by atoms with van der Waals surface area (Å²) in [5.74, 6) is -1.18. The summed E-state index contributed by atoms with van der Waals surface area (Å²) in [4.78, 5) is 1.87. The van der Waals surface area contributed by atoms with Gasteiger partial charge in [0.1, 0.15) is 0 Å². The van der Waals surface area contributed by atoms with Crippen LogP contribution in [-0.2, 0) is 0 Å². The number of phenols is 3. The fourth-order valence-electron chi connectivity index (χ4n) is 2.30. The molecule has 4 N–H and O–H groups in total. The highest BCUT2D eigenvalue weighted by atomic mass is 16.3. The molecule has 0 saturated carbocycles. The monoisotopic (exact) mass is 239 g/mol. The van der Waals surface area contributed by atoms with Crippen molar-refractivity contribution in [3.05, 3.63) is 12.1 Å². The topological polar surface area (TPSA) is 84.2 Å². The number of hydrogen-bond donors (Lipinski definition) is 4. The number of anilines is 1. The lowest BCUT2D eigenvalue weighted by atomic mass is 10.0. The molecule has 0 aliphatic carbocycles. The zero-order valence-electron chi connectivity index (χ0n) is 9.50. The van der Waals surface area contributed by atoms with Gasteiger partial charge in [-0.3, -0.25) is 0 Å². The Morgan fingerprint density at radius 2 is 1.88 bits per heavy atom. The molecule has 1 fully saturated rings. The predicted octanol–water partition coefficient (Wildman–Crippen LogP) is 1.15. The van der Waals surface area contributed by atoms with Crippen molar-refractivity contribution in [2.75, 3.05) is 18.1 Å². The first-order chi connectivity index (χ1) is 8.15. The quantitative estimate of drug-likeness (QED) is 0.582. The van der Waals surface area contributed by atoms with Crippen LogP contribution in [0.3, 0.4) is 0 Å². The Kier molecular flexibility index (Phi) is 3.28. The molecule has 1 aliphatic heterocycles. The van der Waals surface area contributed by atoms with Crippen LogP contribution in [0, 0.1) is 0 Å². The molecule has 5 nitrogen and oxygen atoms in total. The molecular formula is C12H17NO4. The second-order valence-electron chi connectivity index (χ2n) is 4.33. The normalized spacial score (nSPS) is 20.5. The Hall–Kier alpha value is -1.62. The molecule has 17 heavy (non-hydrogen) atoms. The summed E-state index contributed by atoms with van der Waals surface area (Å²) in [6.07, 6.45) is 2.89. The van der Waals surface area contributed by atoms with Gasteiger partial charge in [0.15, 0.2) is 11.5 Å². The van der Waals surface area contributed by atoms with Gasteiger partial charge in [-0.05, 0) is 31.4 Å². The molecular weight excluding hydrogens is 222 g/mol. The van der Waals surface area contributed by atoms with E-state index in [1.165, 1.54) is 6.07 Å². The minimum atomic E-state index is -0.509. The van der Waals surface area contributed by atoms with Gasteiger partial charge in [-0.2, -0.15) is 0 Å². The molecule has 0 bridgehead atoms. The van der Waals surface area contributed by atoms with E-state index in [-0.39, 0.29) is 24.1 Å². The molecule has 1 aromatic carbocycles. The van der Waals surface area contributed by atoms with Crippen LogP contribution in [0.1, 0.15) is 19.3 Å². The summed E-state index contributed by atoms with van der Waals surface area (Å²) >= 11 is 0. The van der Waals surface area contributed by atoms with Crippen molar-refractivity contribution >= 4 is 5.69 Å². The number of aliphatic hydroxyl groups is 1. The second kappa shape index (κ2) is 4.71. The third-order valence-electron chi connectivity index (χ3n) is 3.26. The van der Waals surface area contributed by atoms with Crippen LogP contribution in [0.25, 0.3) is 0 Å². The predicted molar refractivity (Wildman–Crippen MR) is 63.5 cm³/mol. The van der Waals surface area contributed by atoms with Crippen LogP contribution in [0.5, 0.6) is 17.2 Å². The number of rotatable bonds is 2. The standard InChI is InChI=1S/C12H17NO4/c14-7-8-3-1-2-6-13(8)9-4-5-10(15)12(17)11(9)16/h4-5,8,14-17H,1-3,6-7H2. The van der Waals surface area contributed by atoms with E-state index in [1.54, 1.807) is 6.07 Å². The zero-order valence-corrected chi connectivity index (χ0v) is 9.50. The SMILES string of the molecule is OCC1CCCCN1c1ccc(O)c(O)c1O. The van der Waals surface area contributed by atoms with E-state index in [1.807, 2.05) is 4.90 Å². The van der Waals surface area contributed by atoms with Crippen molar-refractivity contribution in [1.29, 1.82) is 0 Å².